The lowest BCUT2D eigenvalue weighted by atomic mass is 10.0. The third-order valence-electron chi connectivity index (χ3n) is 3.08. The van der Waals surface area contributed by atoms with Gasteiger partial charge >= 0.3 is 0 Å². The molecule has 1 amide bonds. The quantitative estimate of drug-likeness (QED) is 0.681. The van der Waals surface area contributed by atoms with Gasteiger partial charge in [0.25, 0.3) is 0 Å². The Morgan fingerprint density at radius 3 is 2.88 bits per heavy atom. The molecule has 5 heteroatoms. The average molecular weight is 244 g/mol. The van der Waals surface area contributed by atoms with Crippen LogP contribution in [0.25, 0.3) is 0 Å². The molecule has 0 spiro atoms. The number of hydrogen-bond acceptors (Lipinski definition) is 4. The maximum Gasteiger partial charge on any atom is 0.239 e. The van der Waals surface area contributed by atoms with Crippen LogP contribution >= 0.6 is 0 Å². The Bertz CT molecular complexity index is 242. The molecule has 0 radical (unpaired) electrons. The van der Waals surface area contributed by atoms with Crippen LogP contribution in [0.15, 0.2) is 0 Å². The zero-order valence-electron chi connectivity index (χ0n) is 10.8. The molecule has 1 fully saturated rings. The Morgan fingerprint density at radius 2 is 2.35 bits per heavy atom. The van der Waals surface area contributed by atoms with Gasteiger partial charge < -0.3 is 20.5 Å². The van der Waals surface area contributed by atoms with E-state index in [2.05, 4.69) is 5.32 Å². The highest BCUT2D eigenvalue weighted by atomic mass is 16.5. The van der Waals surface area contributed by atoms with E-state index in [0.717, 1.165) is 19.4 Å². The predicted octanol–water partition coefficient (Wildman–Crippen LogP) is 0.426. The fourth-order valence-electron chi connectivity index (χ4n) is 1.93. The molecule has 17 heavy (non-hydrogen) atoms. The molecule has 0 aromatic carbocycles. The van der Waals surface area contributed by atoms with Crippen molar-refractivity contribution < 1.29 is 14.3 Å². The highest BCUT2D eigenvalue weighted by Gasteiger charge is 2.30. The zero-order valence-corrected chi connectivity index (χ0v) is 10.8. The van der Waals surface area contributed by atoms with Crippen molar-refractivity contribution in [1.29, 1.82) is 0 Å². The highest BCUT2D eigenvalue weighted by Crippen LogP contribution is 2.13. The molecule has 1 rings (SSSR count). The molecule has 1 aliphatic rings. The summed E-state index contributed by atoms with van der Waals surface area (Å²) in [4.78, 5) is 11.3. The van der Waals surface area contributed by atoms with Gasteiger partial charge in [-0.1, -0.05) is 6.92 Å². The third kappa shape index (κ3) is 4.61. The van der Waals surface area contributed by atoms with Crippen molar-refractivity contribution in [2.45, 2.75) is 44.8 Å². The van der Waals surface area contributed by atoms with Crippen LogP contribution in [0, 0.1) is 0 Å². The minimum atomic E-state index is -0.788. The number of hydrogen-bond donors (Lipinski definition) is 2. The molecule has 0 bridgehead atoms. The van der Waals surface area contributed by atoms with E-state index < -0.39 is 5.54 Å². The summed E-state index contributed by atoms with van der Waals surface area (Å²) >= 11 is 0. The second kappa shape index (κ2) is 6.93. The first kappa shape index (κ1) is 14.4. The summed E-state index contributed by atoms with van der Waals surface area (Å²) in [6.45, 7) is 6.02. The minimum absolute atomic E-state index is 0.169. The van der Waals surface area contributed by atoms with E-state index in [1.165, 1.54) is 6.42 Å². The topological polar surface area (TPSA) is 73.6 Å². The highest BCUT2D eigenvalue weighted by molar-refractivity contribution is 5.84. The number of primary amides is 1. The van der Waals surface area contributed by atoms with Gasteiger partial charge in [0.15, 0.2) is 0 Å². The molecule has 1 aliphatic heterocycles. The lowest BCUT2D eigenvalue weighted by Gasteiger charge is -2.28. The van der Waals surface area contributed by atoms with Gasteiger partial charge in [0.2, 0.25) is 5.91 Å². The number of carbonyl (C=O) groups excluding carboxylic acids is 1. The van der Waals surface area contributed by atoms with Gasteiger partial charge in [0.05, 0.1) is 19.3 Å². The summed E-state index contributed by atoms with van der Waals surface area (Å²) in [5.41, 5.74) is 4.58. The van der Waals surface area contributed by atoms with Gasteiger partial charge in [-0.3, -0.25) is 4.79 Å². The van der Waals surface area contributed by atoms with Crippen molar-refractivity contribution >= 4 is 5.91 Å². The minimum Gasteiger partial charge on any atom is -0.376 e. The van der Waals surface area contributed by atoms with E-state index in [0.29, 0.717) is 13.2 Å². The van der Waals surface area contributed by atoms with E-state index in [-0.39, 0.29) is 18.6 Å². The standard InChI is InChI=1S/C12H24N2O3/c1-3-14-12(2,11(13)15)9-16-8-10-6-4-5-7-17-10/h10,14H,3-9H2,1-2H3,(H2,13,15). The van der Waals surface area contributed by atoms with Crippen molar-refractivity contribution in [3.63, 3.8) is 0 Å². The molecule has 5 nitrogen and oxygen atoms in total. The summed E-state index contributed by atoms with van der Waals surface area (Å²) in [6, 6.07) is 0. The summed E-state index contributed by atoms with van der Waals surface area (Å²) in [7, 11) is 0. The van der Waals surface area contributed by atoms with E-state index in [1.807, 2.05) is 6.92 Å². The molecular weight excluding hydrogens is 220 g/mol. The Balaban J connectivity index is 2.28. The summed E-state index contributed by atoms with van der Waals surface area (Å²) in [5, 5.41) is 3.06. The molecule has 100 valence electrons. The van der Waals surface area contributed by atoms with E-state index in [4.69, 9.17) is 15.2 Å². The maximum absolute atomic E-state index is 11.3. The molecule has 0 aromatic rings. The summed E-state index contributed by atoms with van der Waals surface area (Å²) in [6.07, 6.45) is 3.53. The van der Waals surface area contributed by atoms with Crippen LogP contribution in [-0.4, -0.2) is 43.9 Å². The van der Waals surface area contributed by atoms with E-state index in [1.54, 1.807) is 6.92 Å². The molecule has 1 heterocycles. The number of rotatable bonds is 7. The number of nitrogens with two attached hydrogens (primary N) is 1. The van der Waals surface area contributed by atoms with E-state index >= 15 is 0 Å². The van der Waals surface area contributed by atoms with Crippen molar-refractivity contribution in [2.75, 3.05) is 26.4 Å². The molecule has 1 saturated heterocycles. The lowest BCUT2D eigenvalue weighted by molar-refractivity contribution is -0.127. The van der Waals surface area contributed by atoms with Crippen molar-refractivity contribution in [3.05, 3.63) is 0 Å². The first-order valence-corrected chi connectivity index (χ1v) is 6.33. The largest absolute Gasteiger partial charge is 0.376 e. The second-order valence-corrected chi connectivity index (χ2v) is 4.73. The van der Waals surface area contributed by atoms with Gasteiger partial charge in [-0.2, -0.15) is 0 Å². The molecule has 2 atom stereocenters. The first-order chi connectivity index (χ1) is 8.08. The van der Waals surface area contributed by atoms with Crippen LogP contribution in [0.2, 0.25) is 0 Å². The molecule has 0 aromatic heterocycles. The Morgan fingerprint density at radius 1 is 1.59 bits per heavy atom. The maximum atomic E-state index is 11.3. The normalized spacial score (nSPS) is 24.2. The molecule has 2 unspecified atom stereocenters. The fraction of sp³-hybridized carbons (Fsp3) is 0.917. The summed E-state index contributed by atoms with van der Waals surface area (Å²) < 4.78 is 11.1. The number of nitrogens with one attached hydrogen (secondary N) is 1. The van der Waals surface area contributed by atoms with E-state index in [9.17, 15) is 4.79 Å². The third-order valence-corrected chi connectivity index (χ3v) is 3.08. The van der Waals surface area contributed by atoms with Crippen LogP contribution in [-0.2, 0) is 14.3 Å². The van der Waals surface area contributed by atoms with Crippen LogP contribution in [0.1, 0.15) is 33.1 Å². The van der Waals surface area contributed by atoms with Gasteiger partial charge in [0, 0.05) is 6.61 Å². The number of ether oxygens (including phenoxy) is 2. The molecule has 0 saturated carbocycles. The average Bonchev–Trinajstić information content (AvgIpc) is 2.30. The van der Waals surface area contributed by atoms with Crippen LogP contribution < -0.4 is 11.1 Å². The van der Waals surface area contributed by atoms with Gasteiger partial charge in [-0.25, -0.2) is 0 Å². The van der Waals surface area contributed by atoms with Crippen molar-refractivity contribution in [1.82, 2.24) is 5.32 Å². The second-order valence-electron chi connectivity index (χ2n) is 4.73. The van der Waals surface area contributed by atoms with Crippen molar-refractivity contribution in [3.8, 4) is 0 Å². The Hall–Kier alpha value is -0.650. The van der Waals surface area contributed by atoms with Gasteiger partial charge in [-0.15, -0.1) is 0 Å². The SMILES string of the molecule is CCNC(C)(COCC1CCCCO1)C(N)=O. The smallest absolute Gasteiger partial charge is 0.239 e. The Kier molecular flexibility index (Phi) is 5.88. The van der Waals surface area contributed by atoms with Crippen molar-refractivity contribution in [2.24, 2.45) is 5.73 Å². The van der Waals surface area contributed by atoms with Crippen LogP contribution in [0.3, 0.4) is 0 Å². The molecular formula is C12H24N2O3. The van der Waals surface area contributed by atoms with Gasteiger partial charge in [0.1, 0.15) is 5.54 Å². The number of likely N-dealkylation sites (N-methyl/N-ethyl adjacent to an activating group) is 1. The zero-order chi connectivity index (χ0) is 12.7. The monoisotopic (exact) mass is 244 g/mol. The van der Waals surface area contributed by atoms with Crippen LogP contribution in [0.5, 0.6) is 0 Å². The Labute approximate surface area is 103 Å². The molecule has 0 aliphatic carbocycles. The van der Waals surface area contributed by atoms with Crippen LogP contribution in [0.4, 0.5) is 0 Å². The number of amides is 1. The summed E-state index contributed by atoms with van der Waals surface area (Å²) in [5.74, 6) is -0.385. The fourth-order valence-corrected chi connectivity index (χ4v) is 1.93. The number of carbonyl (C=O) groups is 1. The first-order valence-electron chi connectivity index (χ1n) is 6.33. The predicted molar refractivity (Wildman–Crippen MR) is 65.7 cm³/mol. The molecule has 3 N–H and O–H groups in total. The van der Waals surface area contributed by atoms with Gasteiger partial charge in [-0.05, 0) is 32.7 Å². The lowest BCUT2D eigenvalue weighted by Crippen LogP contribution is -2.56.